The van der Waals surface area contributed by atoms with Crippen LogP contribution in [0, 0.1) is 0 Å². The maximum absolute atomic E-state index is 13.6. The predicted octanol–water partition coefficient (Wildman–Crippen LogP) is 10.0. The normalized spacial score (nSPS) is 14.5. The SMILES string of the molecule is CCC[CH2][Sn]([CH2]CCC)([CH2]CCC)[C@H](/C=C/CCCO[Si](C)(C)C(C)(C)C)OC(=O)[C@@H](OC)c1ccccc1. The molecule has 1 aromatic carbocycles. The number of esters is 1. The molecule has 0 radical (unpaired) electrons. The van der Waals surface area contributed by atoms with Crippen LogP contribution in [-0.2, 0) is 18.7 Å². The van der Waals surface area contributed by atoms with Crippen molar-refractivity contribution in [2.45, 2.75) is 135 Å². The van der Waals surface area contributed by atoms with Crippen LogP contribution in [0.15, 0.2) is 42.5 Å². The molecule has 6 heteroatoms. The van der Waals surface area contributed by atoms with Crippen molar-refractivity contribution in [2.75, 3.05) is 13.7 Å². The second kappa shape index (κ2) is 18.7. The van der Waals surface area contributed by atoms with Crippen LogP contribution in [0.5, 0.6) is 0 Å². The van der Waals surface area contributed by atoms with Gasteiger partial charge in [-0.15, -0.1) is 0 Å². The van der Waals surface area contributed by atoms with Crippen molar-refractivity contribution >= 4 is 32.7 Å². The van der Waals surface area contributed by atoms with E-state index in [0.717, 1.165) is 25.0 Å². The van der Waals surface area contributed by atoms with Crippen molar-refractivity contribution in [1.82, 2.24) is 0 Å². The van der Waals surface area contributed by atoms with Gasteiger partial charge in [-0.25, -0.2) is 0 Å². The quantitative estimate of drug-likeness (QED) is 0.0601. The Hall–Kier alpha value is -0.634. The molecule has 0 saturated carbocycles. The second-order valence-electron chi connectivity index (χ2n) is 12.7. The van der Waals surface area contributed by atoms with Crippen LogP contribution in [0.3, 0.4) is 0 Å². The van der Waals surface area contributed by atoms with Gasteiger partial charge in [-0.3, -0.25) is 0 Å². The average Bonchev–Trinajstić information content (AvgIpc) is 2.90. The van der Waals surface area contributed by atoms with Crippen LogP contribution in [0.25, 0.3) is 0 Å². The van der Waals surface area contributed by atoms with E-state index in [1.807, 2.05) is 30.3 Å². The summed E-state index contributed by atoms with van der Waals surface area (Å²) in [5.74, 6) is -0.245. The Morgan fingerprint density at radius 1 is 0.923 bits per heavy atom. The van der Waals surface area contributed by atoms with Gasteiger partial charge >= 0.3 is 248 Å². The number of rotatable bonds is 20. The van der Waals surface area contributed by atoms with Crippen molar-refractivity contribution in [2.24, 2.45) is 0 Å². The van der Waals surface area contributed by atoms with Crippen molar-refractivity contribution in [3.05, 3.63) is 48.0 Å². The zero-order valence-electron chi connectivity index (χ0n) is 26.8. The summed E-state index contributed by atoms with van der Waals surface area (Å²) < 4.78 is 22.4. The van der Waals surface area contributed by atoms with E-state index in [9.17, 15) is 4.79 Å². The molecule has 0 amide bonds. The minimum atomic E-state index is -2.91. The molecule has 0 aliphatic heterocycles. The number of hydrogen-bond acceptors (Lipinski definition) is 4. The zero-order valence-corrected chi connectivity index (χ0v) is 30.7. The molecule has 0 aliphatic rings. The van der Waals surface area contributed by atoms with E-state index in [4.69, 9.17) is 13.9 Å². The van der Waals surface area contributed by atoms with Crippen LogP contribution < -0.4 is 0 Å². The van der Waals surface area contributed by atoms with E-state index in [1.165, 1.54) is 51.8 Å². The third-order valence-electron chi connectivity index (χ3n) is 8.58. The molecule has 0 fully saturated rings. The van der Waals surface area contributed by atoms with Crippen LogP contribution >= 0.6 is 0 Å². The molecule has 0 bridgehead atoms. The van der Waals surface area contributed by atoms with E-state index in [1.54, 1.807) is 7.11 Å². The number of allylic oxidation sites excluding steroid dienone is 1. The maximum atomic E-state index is 13.6. The van der Waals surface area contributed by atoms with E-state index in [2.05, 4.69) is 66.8 Å². The molecule has 0 saturated heterocycles. The van der Waals surface area contributed by atoms with Crippen molar-refractivity contribution < 1.29 is 18.7 Å². The van der Waals surface area contributed by atoms with Gasteiger partial charge in [0, 0.05) is 0 Å². The van der Waals surface area contributed by atoms with Gasteiger partial charge in [0.15, 0.2) is 0 Å². The summed E-state index contributed by atoms with van der Waals surface area (Å²) in [7, 11) is -0.125. The number of carbonyl (C=O) groups excluding carboxylic acids is 1. The van der Waals surface area contributed by atoms with Gasteiger partial charge in [-0.05, 0) is 0 Å². The monoisotopic (exact) mass is 668 g/mol. The number of ether oxygens (including phenoxy) is 2. The standard InChI is InChI=1S/C21H33O4Si.3C4H9.Sn/c1-21(2,3)26(5,6)25-17-13-8-7-12-16-24-20(22)19(23-4)18-14-10-9-11-15-18;3*1-3-4-2;/h7,9-12,14-16,19H,8,13,17H2,1-6H3;3*1,3-4H2,2H3;/b12-7+;;;;/t19-;;;;/m0..../s1. The summed E-state index contributed by atoms with van der Waals surface area (Å²) >= 11 is -2.91. The van der Waals surface area contributed by atoms with Crippen LogP contribution in [-0.4, -0.2) is 50.5 Å². The molecular formula is C33H60O4SiSn. The molecule has 224 valence electrons. The van der Waals surface area contributed by atoms with Crippen molar-refractivity contribution in [3.8, 4) is 0 Å². The van der Waals surface area contributed by atoms with Crippen LogP contribution in [0.1, 0.15) is 105 Å². The van der Waals surface area contributed by atoms with E-state index in [0.29, 0.717) is 0 Å². The molecule has 0 unspecified atom stereocenters. The van der Waals surface area contributed by atoms with Gasteiger partial charge in [0.2, 0.25) is 0 Å². The Bertz CT molecular complexity index is 797. The Labute approximate surface area is 246 Å². The topological polar surface area (TPSA) is 44.8 Å². The van der Waals surface area contributed by atoms with Crippen molar-refractivity contribution in [1.29, 1.82) is 0 Å². The zero-order chi connectivity index (χ0) is 29.4. The fraction of sp³-hybridized carbons (Fsp3) is 0.727. The Balaban J connectivity index is 3.20. The first-order valence-electron chi connectivity index (χ1n) is 15.6. The van der Waals surface area contributed by atoms with Gasteiger partial charge in [0.1, 0.15) is 0 Å². The Kier molecular flexibility index (Phi) is 17.5. The first kappa shape index (κ1) is 36.4. The molecule has 4 nitrogen and oxygen atoms in total. The molecule has 2 atom stereocenters. The number of benzene rings is 1. The third-order valence-corrected chi connectivity index (χ3v) is 29.0. The molecule has 0 spiro atoms. The summed E-state index contributed by atoms with van der Waals surface area (Å²) in [5.41, 5.74) is 0.854. The first-order chi connectivity index (χ1) is 18.5. The summed E-state index contributed by atoms with van der Waals surface area (Å²) in [6, 6.07) is 9.76. The summed E-state index contributed by atoms with van der Waals surface area (Å²) in [4.78, 5) is 13.6. The Morgan fingerprint density at radius 2 is 1.46 bits per heavy atom. The molecule has 1 aromatic rings. The molecule has 0 N–H and O–H groups in total. The van der Waals surface area contributed by atoms with Gasteiger partial charge in [-0.1, -0.05) is 0 Å². The fourth-order valence-electron chi connectivity index (χ4n) is 4.90. The number of unbranched alkanes of at least 4 members (excludes halogenated alkanes) is 4. The average molecular weight is 668 g/mol. The van der Waals surface area contributed by atoms with E-state index >= 15 is 0 Å². The molecular weight excluding hydrogens is 607 g/mol. The van der Waals surface area contributed by atoms with E-state index in [-0.39, 0.29) is 15.1 Å². The first-order valence-corrected chi connectivity index (χ1v) is 26.2. The van der Waals surface area contributed by atoms with Gasteiger partial charge < -0.3 is 0 Å². The third kappa shape index (κ3) is 12.4. The van der Waals surface area contributed by atoms with Gasteiger partial charge in [0.05, 0.1) is 0 Å². The number of methoxy groups -OCH3 is 1. The van der Waals surface area contributed by atoms with Crippen molar-refractivity contribution in [3.63, 3.8) is 0 Å². The summed E-state index contributed by atoms with van der Waals surface area (Å²) in [5, 5.41) is 0.227. The number of hydrogen-bond donors (Lipinski definition) is 0. The van der Waals surface area contributed by atoms with Crippen LogP contribution in [0.4, 0.5) is 0 Å². The van der Waals surface area contributed by atoms with Crippen LogP contribution in [0.2, 0.25) is 31.4 Å². The molecule has 0 heterocycles. The molecule has 1 rings (SSSR count). The fourth-order valence-corrected chi connectivity index (χ4v) is 22.2. The minimum absolute atomic E-state index is 0.0564. The summed E-state index contributed by atoms with van der Waals surface area (Å²) in [6.45, 7) is 19.1. The second-order valence-corrected chi connectivity index (χ2v) is 31.2. The van der Waals surface area contributed by atoms with Gasteiger partial charge in [0.25, 0.3) is 0 Å². The summed E-state index contributed by atoms with van der Waals surface area (Å²) in [6.07, 6.45) is 13.1. The van der Waals surface area contributed by atoms with E-state index < -0.39 is 32.8 Å². The Morgan fingerprint density at radius 3 is 1.92 bits per heavy atom. The molecule has 0 aromatic heterocycles. The molecule has 0 aliphatic carbocycles. The number of carbonyl (C=O) groups is 1. The molecule has 39 heavy (non-hydrogen) atoms. The predicted molar refractivity (Wildman–Crippen MR) is 172 cm³/mol. The van der Waals surface area contributed by atoms with Gasteiger partial charge in [-0.2, -0.15) is 0 Å².